The Kier molecular flexibility index (Phi) is 2.59. The number of anilines is 1. The third-order valence-electron chi connectivity index (χ3n) is 2.87. The van der Waals surface area contributed by atoms with Gasteiger partial charge in [0.25, 0.3) is 0 Å². The monoisotopic (exact) mass is 246 g/mol. The van der Waals surface area contributed by atoms with E-state index in [-0.39, 0.29) is 0 Å². The molecule has 2 aromatic rings. The van der Waals surface area contributed by atoms with Crippen molar-refractivity contribution in [1.29, 1.82) is 0 Å². The Morgan fingerprint density at radius 3 is 2.83 bits per heavy atom. The van der Waals surface area contributed by atoms with Crippen LogP contribution >= 0.6 is 0 Å². The second kappa shape index (κ2) is 4.25. The van der Waals surface area contributed by atoms with Gasteiger partial charge < -0.3 is 18.9 Å². The number of benzene rings is 1. The SMILES string of the molecule is Cc1cc(CN(C)c2ccc3c(c2)OCO3)no1. The van der Waals surface area contributed by atoms with Crippen LogP contribution in [0.15, 0.2) is 28.8 Å². The van der Waals surface area contributed by atoms with E-state index in [0.29, 0.717) is 13.3 Å². The number of hydrogen-bond acceptors (Lipinski definition) is 5. The quantitative estimate of drug-likeness (QED) is 0.832. The normalized spacial score (nSPS) is 12.8. The van der Waals surface area contributed by atoms with Crippen LogP contribution in [0.3, 0.4) is 0 Å². The average molecular weight is 246 g/mol. The maximum Gasteiger partial charge on any atom is 0.231 e. The first kappa shape index (κ1) is 11.0. The van der Waals surface area contributed by atoms with Gasteiger partial charge >= 0.3 is 0 Å². The maximum absolute atomic E-state index is 5.36. The lowest BCUT2D eigenvalue weighted by Crippen LogP contribution is -2.16. The fourth-order valence-electron chi connectivity index (χ4n) is 1.95. The fraction of sp³-hybridized carbons (Fsp3) is 0.308. The molecule has 2 heterocycles. The molecule has 1 aromatic heterocycles. The molecule has 94 valence electrons. The van der Waals surface area contributed by atoms with E-state index in [4.69, 9.17) is 14.0 Å². The number of aromatic nitrogens is 1. The molecule has 18 heavy (non-hydrogen) atoms. The van der Waals surface area contributed by atoms with Crippen LogP contribution in [0.4, 0.5) is 5.69 Å². The van der Waals surface area contributed by atoms with Crippen LogP contribution in [0.2, 0.25) is 0 Å². The molecule has 0 amide bonds. The second-order valence-electron chi connectivity index (χ2n) is 4.32. The minimum absolute atomic E-state index is 0.297. The Morgan fingerprint density at radius 2 is 2.06 bits per heavy atom. The minimum Gasteiger partial charge on any atom is -0.454 e. The Bertz CT molecular complexity index is 565. The highest BCUT2D eigenvalue weighted by molar-refractivity contribution is 5.56. The number of hydrogen-bond donors (Lipinski definition) is 0. The van der Waals surface area contributed by atoms with Crippen LogP contribution < -0.4 is 14.4 Å². The van der Waals surface area contributed by atoms with Gasteiger partial charge in [-0.15, -0.1) is 0 Å². The Morgan fingerprint density at radius 1 is 1.22 bits per heavy atom. The standard InChI is InChI=1S/C13H14N2O3/c1-9-5-10(14-18-9)7-15(2)11-3-4-12-13(6-11)17-8-16-12/h3-6H,7-8H2,1-2H3. The van der Waals surface area contributed by atoms with E-state index in [1.807, 2.05) is 38.2 Å². The van der Waals surface area contributed by atoms with Gasteiger partial charge in [0.05, 0.1) is 6.54 Å². The highest BCUT2D eigenvalue weighted by Crippen LogP contribution is 2.35. The Balaban J connectivity index is 1.78. The van der Waals surface area contributed by atoms with Gasteiger partial charge in [0, 0.05) is 24.9 Å². The predicted octanol–water partition coefficient (Wildman–Crippen LogP) is 2.35. The van der Waals surface area contributed by atoms with Crippen molar-refractivity contribution < 1.29 is 14.0 Å². The number of rotatable bonds is 3. The van der Waals surface area contributed by atoms with E-state index in [1.54, 1.807) is 0 Å². The molecule has 0 atom stereocenters. The molecule has 0 N–H and O–H groups in total. The summed E-state index contributed by atoms with van der Waals surface area (Å²) in [4.78, 5) is 2.08. The smallest absolute Gasteiger partial charge is 0.231 e. The van der Waals surface area contributed by atoms with Gasteiger partial charge in [0.1, 0.15) is 11.5 Å². The van der Waals surface area contributed by atoms with Crippen LogP contribution in [0.1, 0.15) is 11.5 Å². The second-order valence-corrected chi connectivity index (χ2v) is 4.32. The van der Waals surface area contributed by atoms with Crippen molar-refractivity contribution in [3.05, 3.63) is 35.7 Å². The summed E-state index contributed by atoms with van der Waals surface area (Å²) in [6.07, 6.45) is 0. The van der Waals surface area contributed by atoms with Crippen LogP contribution in [0.5, 0.6) is 11.5 Å². The lowest BCUT2D eigenvalue weighted by Gasteiger charge is -2.17. The van der Waals surface area contributed by atoms with Crippen molar-refractivity contribution in [2.24, 2.45) is 0 Å². The van der Waals surface area contributed by atoms with Crippen molar-refractivity contribution in [3.8, 4) is 11.5 Å². The lowest BCUT2D eigenvalue weighted by molar-refractivity contribution is 0.174. The van der Waals surface area contributed by atoms with Gasteiger partial charge in [-0.05, 0) is 19.1 Å². The number of aryl methyl sites for hydroxylation is 1. The molecule has 1 aliphatic rings. The first-order valence-corrected chi connectivity index (χ1v) is 5.75. The van der Waals surface area contributed by atoms with Crippen molar-refractivity contribution in [2.45, 2.75) is 13.5 Å². The van der Waals surface area contributed by atoms with E-state index in [9.17, 15) is 0 Å². The summed E-state index contributed by atoms with van der Waals surface area (Å²) in [5.41, 5.74) is 1.97. The molecule has 0 radical (unpaired) electrons. The van der Waals surface area contributed by atoms with Gasteiger partial charge in [-0.2, -0.15) is 0 Å². The topological polar surface area (TPSA) is 47.7 Å². The third kappa shape index (κ3) is 1.99. The predicted molar refractivity (Wildman–Crippen MR) is 65.9 cm³/mol. The highest BCUT2D eigenvalue weighted by Gasteiger charge is 2.15. The van der Waals surface area contributed by atoms with E-state index in [0.717, 1.165) is 28.6 Å². The molecule has 0 saturated heterocycles. The van der Waals surface area contributed by atoms with Gasteiger partial charge in [0.2, 0.25) is 6.79 Å². The average Bonchev–Trinajstić information content (AvgIpc) is 2.96. The summed E-state index contributed by atoms with van der Waals surface area (Å²) in [5, 5.41) is 3.98. The summed E-state index contributed by atoms with van der Waals surface area (Å²) in [6, 6.07) is 7.82. The van der Waals surface area contributed by atoms with Crippen LogP contribution in [0.25, 0.3) is 0 Å². The van der Waals surface area contributed by atoms with Gasteiger partial charge in [-0.1, -0.05) is 5.16 Å². The van der Waals surface area contributed by atoms with Gasteiger partial charge in [-0.3, -0.25) is 0 Å². The minimum atomic E-state index is 0.297. The molecule has 1 aromatic carbocycles. The molecule has 5 heteroatoms. The third-order valence-corrected chi connectivity index (χ3v) is 2.87. The zero-order chi connectivity index (χ0) is 12.5. The van der Waals surface area contributed by atoms with E-state index < -0.39 is 0 Å². The fourth-order valence-corrected chi connectivity index (χ4v) is 1.95. The molecule has 3 rings (SSSR count). The van der Waals surface area contributed by atoms with Crippen molar-refractivity contribution in [3.63, 3.8) is 0 Å². The zero-order valence-electron chi connectivity index (χ0n) is 10.3. The van der Waals surface area contributed by atoms with Crippen molar-refractivity contribution in [2.75, 3.05) is 18.7 Å². The molecule has 0 aliphatic carbocycles. The molecular formula is C13H14N2O3. The van der Waals surface area contributed by atoms with Crippen LogP contribution in [0, 0.1) is 6.92 Å². The van der Waals surface area contributed by atoms with Crippen molar-refractivity contribution in [1.82, 2.24) is 5.16 Å². The summed E-state index contributed by atoms with van der Waals surface area (Å²) < 4.78 is 15.7. The molecule has 0 unspecified atom stereocenters. The summed E-state index contributed by atoms with van der Waals surface area (Å²) in [5.74, 6) is 2.41. The molecule has 0 spiro atoms. The molecule has 0 saturated carbocycles. The molecule has 5 nitrogen and oxygen atoms in total. The first-order chi connectivity index (χ1) is 8.72. The lowest BCUT2D eigenvalue weighted by atomic mass is 10.2. The van der Waals surface area contributed by atoms with E-state index in [1.165, 1.54) is 0 Å². The maximum atomic E-state index is 5.36. The van der Waals surface area contributed by atoms with Crippen LogP contribution in [-0.4, -0.2) is 19.0 Å². The Labute approximate surface area is 105 Å². The van der Waals surface area contributed by atoms with E-state index in [2.05, 4.69) is 10.1 Å². The Hall–Kier alpha value is -2.17. The molecular weight excluding hydrogens is 232 g/mol. The van der Waals surface area contributed by atoms with Crippen LogP contribution in [-0.2, 0) is 6.54 Å². The number of ether oxygens (including phenoxy) is 2. The van der Waals surface area contributed by atoms with Crippen molar-refractivity contribution >= 4 is 5.69 Å². The summed E-state index contributed by atoms with van der Waals surface area (Å²) in [7, 11) is 2.00. The number of nitrogens with zero attached hydrogens (tertiary/aromatic N) is 2. The van der Waals surface area contributed by atoms with Gasteiger partial charge in [0.15, 0.2) is 11.5 Å². The molecule has 1 aliphatic heterocycles. The number of fused-ring (bicyclic) bond motifs is 1. The summed E-state index contributed by atoms with van der Waals surface area (Å²) in [6.45, 7) is 2.87. The van der Waals surface area contributed by atoms with E-state index >= 15 is 0 Å². The zero-order valence-corrected chi connectivity index (χ0v) is 10.3. The first-order valence-electron chi connectivity index (χ1n) is 5.75. The summed E-state index contributed by atoms with van der Waals surface area (Å²) >= 11 is 0. The van der Waals surface area contributed by atoms with Gasteiger partial charge in [-0.25, -0.2) is 0 Å². The molecule has 0 bridgehead atoms. The molecule has 0 fully saturated rings. The highest BCUT2D eigenvalue weighted by atomic mass is 16.7. The largest absolute Gasteiger partial charge is 0.454 e.